The van der Waals surface area contributed by atoms with Crippen LogP contribution in [0.4, 0.5) is 0 Å². The van der Waals surface area contributed by atoms with Gasteiger partial charge < -0.3 is 15.6 Å². The van der Waals surface area contributed by atoms with Crippen LogP contribution in [0.2, 0.25) is 0 Å². The molecule has 1 unspecified atom stereocenters. The van der Waals surface area contributed by atoms with Crippen LogP contribution in [0.1, 0.15) is 46.5 Å². The number of nitrogens with two attached hydrogens (primary N) is 1. The molecule has 0 spiro atoms. The Labute approximate surface area is 92.0 Å². The van der Waals surface area contributed by atoms with Gasteiger partial charge in [-0.25, -0.2) is 0 Å². The van der Waals surface area contributed by atoms with E-state index in [-0.39, 0.29) is 0 Å². The van der Waals surface area contributed by atoms with Crippen LogP contribution in [-0.4, -0.2) is 23.5 Å². The van der Waals surface area contributed by atoms with Crippen molar-refractivity contribution in [3.05, 3.63) is 0 Å². The minimum Gasteiger partial charge on any atom is -0.382 e. The fraction of sp³-hybridized carbons (Fsp3) is 0.917. The molecule has 88 valence electrons. The molecule has 0 bridgehead atoms. The molecule has 1 atom stereocenters. The molecule has 15 heavy (non-hydrogen) atoms. The molecule has 1 aliphatic carbocycles. The van der Waals surface area contributed by atoms with Crippen molar-refractivity contribution in [1.82, 2.24) is 0 Å². The molecule has 3 nitrogen and oxygen atoms in total. The minimum absolute atomic E-state index is 0.317. The van der Waals surface area contributed by atoms with Gasteiger partial charge in [-0.1, -0.05) is 13.8 Å². The maximum Gasteiger partial charge on any atom is 0.151 e. The minimum atomic E-state index is -1.28. The molecule has 0 aromatic heterocycles. The predicted octanol–water partition coefficient (Wildman–Crippen LogP) is 1.48. The predicted molar refractivity (Wildman–Crippen MR) is 60.4 cm³/mol. The normalized spacial score (nSPS) is 28.1. The molecule has 3 heteroatoms. The van der Waals surface area contributed by atoms with Crippen molar-refractivity contribution in [3.63, 3.8) is 0 Å². The van der Waals surface area contributed by atoms with E-state index in [9.17, 15) is 9.90 Å². The highest BCUT2D eigenvalue weighted by atomic mass is 16.3. The molecule has 0 aromatic rings. The van der Waals surface area contributed by atoms with Crippen molar-refractivity contribution in [2.45, 2.75) is 52.1 Å². The van der Waals surface area contributed by atoms with Crippen molar-refractivity contribution in [2.24, 2.45) is 16.6 Å². The number of carbonyl (C=O) groups is 1. The Kier molecular flexibility index (Phi) is 3.27. The maximum atomic E-state index is 10.9. The first-order valence-corrected chi connectivity index (χ1v) is 5.67. The molecule has 0 radical (unpaired) electrons. The van der Waals surface area contributed by atoms with E-state index >= 15 is 0 Å². The van der Waals surface area contributed by atoms with Gasteiger partial charge in [-0.15, -0.1) is 0 Å². The van der Waals surface area contributed by atoms with E-state index < -0.39 is 11.0 Å². The second-order valence-electron chi connectivity index (χ2n) is 5.91. The van der Waals surface area contributed by atoms with Gasteiger partial charge in [0.05, 0.1) is 0 Å². The molecular formula is C12H23NO2. The standard InChI is InChI=1S/C12H23NO2/c1-10(2)4-6-12(8-13,7-5-10)11(3,15)9-14/h9,15H,4-8,13H2,1-3H3. The van der Waals surface area contributed by atoms with Crippen LogP contribution in [0, 0.1) is 10.8 Å². The zero-order valence-electron chi connectivity index (χ0n) is 10.0. The third kappa shape index (κ3) is 2.23. The first-order valence-electron chi connectivity index (χ1n) is 5.67. The number of hydrogen-bond acceptors (Lipinski definition) is 3. The number of aldehydes is 1. The lowest BCUT2D eigenvalue weighted by atomic mass is 9.59. The molecule has 1 saturated carbocycles. The van der Waals surface area contributed by atoms with Crippen LogP contribution < -0.4 is 5.73 Å². The summed E-state index contributed by atoms with van der Waals surface area (Å²) in [6, 6.07) is 0. The number of aliphatic hydroxyl groups is 1. The molecular weight excluding hydrogens is 190 g/mol. The fourth-order valence-electron chi connectivity index (χ4n) is 2.45. The van der Waals surface area contributed by atoms with Crippen LogP contribution in [0.15, 0.2) is 0 Å². The van der Waals surface area contributed by atoms with Gasteiger partial charge >= 0.3 is 0 Å². The topological polar surface area (TPSA) is 63.3 Å². The van der Waals surface area contributed by atoms with Gasteiger partial charge in [0, 0.05) is 12.0 Å². The lowest BCUT2D eigenvalue weighted by Crippen LogP contribution is -2.54. The molecule has 1 fully saturated rings. The largest absolute Gasteiger partial charge is 0.382 e. The van der Waals surface area contributed by atoms with Gasteiger partial charge in [0.15, 0.2) is 6.29 Å². The molecule has 0 heterocycles. The van der Waals surface area contributed by atoms with Gasteiger partial charge in [0.25, 0.3) is 0 Å². The van der Waals surface area contributed by atoms with E-state index in [1.54, 1.807) is 6.92 Å². The first kappa shape index (κ1) is 12.7. The number of rotatable bonds is 3. The Balaban J connectivity index is 2.86. The van der Waals surface area contributed by atoms with Crippen molar-refractivity contribution < 1.29 is 9.90 Å². The van der Waals surface area contributed by atoms with Crippen molar-refractivity contribution in [3.8, 4) is 0 Å². The highest BCUT2D eigenvalue weighted by Crippen LogP contribution is 2.49. The summed E-state index contributed by atoms with van der Waals surface area (Å²) in [4.78, 5) is 10.9. The first-order chi connectivity index (χ1) is 6.79. The summed E-state index contributed by atoms with van der Waals surface area (Å²) in [6.45, 7) is 6.42. The van der Waals surface area contributed by atoms with Crippen molar-refractivity contribution >= 4 is 6.29 Å². The van der Waals surface area contributed by atoms with Crippen LogP contribution in [0.3, 0.4) is 0 Å². The fourth-order valence-corrected chi connectivity index (χ4v) is 2.45. The third-order valence-corrected chi connectivity index (χ3v) is 4.25. The Hall–Kier alpha value is -0.410. The van der Waals surface area contributed by atoms with Gasteiger partial charge in [-0.05, 0) is 38.0 Å². The highest BCUT2D eigenvalue weighted by molar-refractivity contribution is 5.63. The highest BCUT2D eigenvalue weighted by Gasteiger charge is 2.49. The summed E-state index contributed by atoms with van der Waals surface area (Å²) in [6.07, 6.45) is 4.37. The number of hydrogen-bond donors (Lipinski definition) is 2. The van der Waals surface area contributed by atoms with E-state index in [0.717, 1.165) is 25.7 Å². The van der Waals surface area contributed by atoms with Gasteiger partial charge in [-0.3, -0.25) is 0 Å². The lowest BCUT2D eigenvalue weighted by Gasteiger charge is -2.48. The number of carbonyl (C=O) groups excluding carboxylic acids is 1. The zero-order valence-corrected chi connectivity index (χ0v) is 10.0. The van der Waals surface area contributed by atoms with Crippen LogP contribution in [0.5, 0.6) is 0 Å². The average Bonchev–Trinajstić information content (AvgIpc) is 2.18. The van der Waals surface area contributed by atoms with E-state index in [1.807, 2.05) is 0 Å². The smallest absolute Gasteiger partial charge is 0.151 e. The Morgan fingerprint density at radius 1 is 1.33 bits per heavy atom. The van der Waals surface area contributed by atoms with Gasteiger partial charge in [0.1, 0.15) is 5.60 Å². The zero-order chi connectivity index (χ0) is 11.7. The molecule has 1 aliphatic rings. The Morgan fingerprint density at radius 2 is 1.80 bits per heavy atom. The Bertz CT molecular complexity index is 236. The summed E-state index contributed by atoms with van der Waals surface area (Å²) in [7, 11) is 0. The average molecular weight is 213 g/mol. The molecule has 3 N–H and O–H groups in total. The quantitative estimate of drug-likeness (QED) is 0.698. The SMILES string of the molecule is CC1(C)CCC(CN)(C(C)(O)C=O)CC1. The van der Waals surface area contributed by atoms with Gasteiger partial charge in [0.2, 0.25) is 0 Å². The third-order valence-electron chi connectivity index (χ3n) is 4.25. The lowest BCUT2D eigenvalue weighted by molar-refractivity contribution is -0.143. The van der Waals surface area contributed by atoms with Crippen LogP contribution in [-0.2, 0) is 4.79 Å². The van der Waals surface area contributed by atoms with E-state index in [4.69, 9.17) is 5.73 Å². The van der Waals surface area contributed by atoms with Crippen LogP contribution >= 0.6 is 0 Å². The molecule has 0 aromatic carbocycles. The summed E-state index contributed by atoms with van der Waals surface area (Å²) < 4.78 is 0. The van der Waals surface area contributed by atoms with Gasteiger partial charge in [-0.2, -0.15) is 0 Å². The molecule has 0 saturated heterocycles. The molecule has 0 aliphatic heterocycles. The summed E-state index contributed by atoms with van der Waals surface area (Å²) in [5.41, 5.74) is 4.39. The van der Waals surface area contributed by atoms with Crippen LogP contribution in [0.25, 0.3) is 0 Å². The van der Waals surface area contributed by atoms with Crippen molar-refractivity contribution in [1.29, 1.82) is 0 Å². The molecule has 0 amide bonds. The van der Waals surface area contributed by atoms with E-state index in [1.165, 1.54) is 0 Å². The second-order valence-corrected chi connectivity index (χ2v) is 5.91. The summed E-state index contributed by atoms with van der Waals surface area (Å²) >= 11 is 0. The summed E-state index contributed by atoms with van der Waals surface area (Å²) in [5.74, 6) is 0. The molecule has 1 rings (SSSR count). The second kappa shape index (κ2) is 3.87. The van der Waals surface area contributed by atoms with Crippen molar-refractivity contribution in [2.75, 3.05) is 6.54 Å². The Morgan fingerprint density at radius 3 is 2.13 bits per heavy atom. The monoisotopic (exact) mass is 213 g/mol. The maximum absolute atomic E-state index is 10.9. The summed E-state index contributed by atoms with van der Waals surface area (Å²) in [5, 5.41) is 10.1. The van der Waals surface area contributed by atoms with E-state index in [0.29, 0.717) is 18.2 Å². The van der Waals surface area contributed by atoms with E-state index in [2.05, 4.69) is 13.8 Å².